The summed E-state index contributed by atoms with van der Waals surface area (Å²) in [5, 5.41) is 3.72. The number of carbonyl (C=O) groups is 1. The number of likely N-dealkylation sites (tertiary alicyclic amines) is 1. The van der Waals surface area contributed by atoms with E-state index in [-0.39, 0.29) is 5.91 Å². The lowest BCUT2D eigenvalue weighted by Crippen LogP contribution is -2.50. The number of nitrogens with zero attached hydrogens (tertiary/aromatic N) is 6. The third kappa shape index (κ3) is 6.14. The molecule has 220 valence electrons. The number of halogens is 1. The Morgan fingerprint density at radius 3 is 2.48 bits per heavy atom. The van der Waals surface area contributed by atoms with Gasteiger partial charge in [0, 0.05) is 57.3 Å². The molecular weight excluding hydrogens is 560 g/mol. The lowest BCUT2D eigenvalue weighted by molar-refractivity contribution is -0.129. The van der Waals surface area contributed by atoms with Crippen molar-refractivity contribution >= 4 is 40.3 Å². The number of amides is 1. The minimum absolute atomic E-state index is 0.236. The third-order valence-electron chi connectivity index (χ3n) is 7.42. The van der Waals surface area contributed by atoms with E-state index in [9.17, 15) is 4.79 Å². The molecule has 2 aromatic heterocycles. The molecule has 1 amide bonds. The number of hydrogen-bond donors (Lipinski definition) is 2. The van der Waals surface area contributed by atoms with E-state index in [1.54, 1.807) is 32.4 Å². The van der Waals surface area contributed by atoms with Crippen LogP contribution < -0.4 is 24.4 Å². The zero-order valence-corrected chi connectivity index (χ0v) is 24.4. The van der Waals surface area contributed by atoms with Crippen molar-refractivity contribution in [2.45, 2.75) is 19.4 Å². The summed E-state index contributed by atoms with van der Waals surface area (Å²) in [7, 11) is 3.10. The van der Waals surface area contributed by atoms with Crippen molar-refractivity contribution < 1.29 is 19.0 Å². The molecule has 4 aromatic rings. The van der Waals surface area contributed by atoms with E-state index in [2.05, 4.69) is 25.1 Å². The first-order valence-electron chi connectivity index (χ1n) is 13.9. The minimum Gasteiger partial charge on any atom is -0.493 e. The first-order chi connectivity index (χ1) is 20.5. The van der Waals surface area contributed by atoms with Gasteiger partial charge >= 0.3 is 0 Å². The van der Waals surface area contributed by atoms with Crippen molar-refractivity contribution in [3.63, 3.8) is 0 Å². The Balaban J connectivity index is 1.22. The summed E-state index contributed by atoms with van der Waals surface area (Å²) in [5.41, 5.74) is 1.87. The highest BCUT2D eigenvalue weighted by molar-refractivity contribution is 6.32. The maximum absolute atomic E-state index is 12.1. The maximum atomic E-state index is 12.1. The van der Waals surface area contributed by atoms with Crippen molar-refractivity contribution in [2.75, 3.05) is 63.8 Å². The van der Waals surface area contributed by atoms with Gasteiger partial charge in [-0.25, -0.2) is 4.98 Å². The Kier molecular flexibility index (Phi) is 8.15. The minimum atomic E-state index is 0.236. The topological polar surface area (TPSA) is 121 Å². The number of aromatic amines is 1. The van der Waals surface area contributed by atoms with Gasteiger partial charge in [0.05, 0.1) is 43.5 Å². The predicted molar refractivity (Wildman–Crippen MR) is 160 cm³/mol. The number of rotatable bonds is 10. The molecule has 4 heterocycles. The fourth-order valence-electron chi connectivity index (χ4n) is 5.17. The van der Waals surface area contributed by atoms with E-state index in [0.29, 0.717) is 72.6 Å². The molecule has 0 unspecified atom stereocenters. The third-order valence-corrected chi connectivity index (χ3v) is 7.71. The van der Waals surface area contributed by atoms with Gasteiger partial charge in [0.1, 0.15) is 11.6 Å². The summed E-state index contributed by atoms with van der Waals surface area (Å²) in [6, 6.07) is 12.9. The van der Waals surface area contributed by atoms with E-state index in [1.165, 1.54) is 0 Å². The molecule has 2 N–H and O–H groups in total. The number of H-pyrrole nitrogens is 1. The van der Waals surface area contributed by atoms with Crippen LogP contribution in [-0.2, 0) is 11.3 Å². The zero-order valence-electron chi connectivity index (χ0n) is 23.6. The quantitative estimate of drug-likeness (QED) is 0.278. The van der Waals surface area contributed by atoms with Crippen LogP contribution in [0.1, 0.15) is 18.7 Å². The van der Waals surface area contributed by atoms with Gasteiger partial charge in [-0.2, -0.15) is 9.97 Å². The number of hydrogen-bond acceptors (Lipinski definition) is 10. The van der Waals surface area contributed by atoms with Gasteiger partial charge in [-0.15, -0.1) is 0 Å². The summed E-state index contributed by atoms with van der Waals surface area (Å²) in [5.74, 6) is 3.83. The number of fused-ring (bicyclic) bond motifs is 1. The number of imidazole rings is 1. The van der Waals surface area contributed by atoms with Crippen LogP contribution in [0.4, 0.5) is 11.8 Å². The van der Waals surface area contributed by atoms with Gasteiger partial charge < -0.3 is 34.3 Å². The van der Waals surface area contributed by atoms with Crippen LogP contribution in [0.3, 0.4) is 0 Å². The molecule has 13 heteroatoms. The van der Waals surface area contributed by atoms with Crippen molar-refractivity contribution in [1.29, 1.82) is 0 Å². The molecule has 0 saturated carbocycles. The van der Waals surface area contributed by atoms with E-state index < -0.39 is 0 Å². The van der Waals surface area contributed by atoms with Crippen LogP contribution in [0, 0.1) is 0 Å². The highest BCUT2D eigenvalue weighted by Crippen LogP contribution is 2.39. The molecule has 0 spiro atoms. The van der Waals surface area contributed by atoms with Crippen LogP contribution in [0.5, 0.6) is 23.1 Å². The molecule has 0 radical (unpaired) electrons. The normalized spacial score (nSPS) is 15.8. The van der Waals surface area contributed by atoms with Gasteiger partial charge in [0.25, 0.3) is 0 Å². The molecule has 0 aliphatic carbocycles. The largest absolute Gasteiger partial charge is 0.493 e. The second kappa shape index (κ2) is 12.3. The van der Waals surface area contributed by atoms with Crippen molar-refractivity contribution in [3.8, 4) is 23.1 Å². The van der Waals surface area contributed by atoms with E-state index in [4.69, 9.17) is 35.8 Å². The summed E-state index contributed by atoms with van der Waals surface area (Å²) in [4.78, 5) is 36.0. The standard InChI is InChI=1S/C29H33ClN8O4/c1-40-23-14-19(30)22(15-24(23)41-2)42-27-16-25(31-17-26-32-20-6-3-4-7-21(20)33-26)34-29(35-27)37-12-10-36(11-13-37)18-38-9-5-8-28(38)39/h3-4,6-7,14-16H,5,8-13,17-18H2,1-2H3,(H,32,33)(H,31,34,35). The summed E-state index contributed by atoms with van der Waals surface area (Å²) < 4.78 is 17.0. The number of para-hydroxylation sites is 2. The van der Waals surface area contributed by atoms with Gasteiger partial charge in [-0.1, -0.05) is 23.7 Å². The second-order valence-electron chi connectivity index (χ2n) is 10.2. The fraction of sp³-hybridized carbons (Fsp3) is 0.379. The number of ether oxygens (including phenoxy) is 3. The van der Waals surface area contributed by atoms with Crippen LogP contribution in [-0.4, -0.2) is 89.3 Å². The van der Waals surface area contributed by atoms with E-state index >= 15 is 0 Å². The molecule has 2 saturated heterocycles. The Bertz CT molecular complexity index is 1540. The van der Waals surface area contributed by atoms with Gasteiger partial charge in [0.15, 0.2) is 17.2 Å². The van der Waals surface area contributed by atoms with E-state index in [1.807, 2.05) is 29.2 Å². The molecule has 0 atom stereocenters. The number of piperazine rings is 1. The molecule has 6 rings (SSSR count). The number of carbonyl (C=O) groups excluding carboxylic acids is 1. The van der Waals surface area contributed by atoms with Crippen molar-refractivity contribution in [2.24, 2.45) is 0 Å². The number of anilines is 2. The van der Waals surface area contributed by atoms with Crippen LogP contribution in [0.2, 0.25) is 5.02 Å². The highest BCUT2D eigenvalue weighted by atomic mass is 35.5. The van der Waals surface area contributed by atoms with Gasteiger partial charge in [-0.05, 0) is 18.6 Å². The number of methoxy groups -OCH3 is 2. The SMILES string of the molecule is COc1cc(Cl)c(Oc2cc(NCc3nc4ccccc4[nH]3)nc(N3CCN(CN4CCCC4=O)CC3)n2)cc1OC. The molecule has 2 aromatic carbocycles. The number of benzene rings is 2. The predicted octanol–water partition coefficient (Wildman–Crippen LogP) is 4.13. The average Bonchev–Trinajstić information content (AvgIpc) is 3.62. The van der Waals surface area contributed by atoms with Gasteiger partial charge in [-0.3, -0.25) is 9.69 Å². The Morgan fingerprint density at radius 1 is 0.952 bits per heavy atom. The maximum Gasteiger partial charge on any atom is 0.230 e. The zero-order chi connectivity index (χ0) is 29.1. The molecule has 42 heavy (non-hydrogen) atoms. The highest BCUT2D eigenvalue weighted by Gasteiger charge is 2.26. The van der Waals surface area contributed by atoms with Crippen molar-refractivity contribution in [3.05, 3.63) is 53.3 Å². The number of nitrogens with one attached hydrogen (secondary N) is 2. The second-order valence-corrected chi connectivity index (χ2v) is 10.6. The first kappa shape index (κ1) is 27.9. The molecule has 2 aliphatic heterocycles. The lowest BCUT2D eigenvalue weighted by atomic mass is 10.3. The van der Waals surface area contributed by atoms with Crippen molar-refractivity contribution in [1.82, 2.24) is 29.7 Å². The average molecular weight is 593 g/mol. The van der Waals surface area contributed by atoms with Crippen LogP contribution in [0.15, 0.2) is 42.5 Å². The lowest BCUT2D eigenvalue weighted by Gasteiger charge is -2.36. The Hall–Kier alpha value is -4.29. The van der Waals surface area contributed by atoms with Crippen LogP contribution in [0.25, 0.3) is 11.0 Å². The molecular formula is C29H33ClN8O4. The molecule has 0 bridgehead atoms. The van der Waals surface area contributed by atoms with E-state index in [0.717, 1.165) is 42.9 Å². The Morgan fingerprint density at radius 2 is 1.74 bits per heavy atom. The summed E-state index contributed by atoms with van der Waals surface area (Å²) in [6.45, 7) is 4.94. The monoisotopic (exact) mass is 592 g/mol. The summed E-state index contributed by atoms with van der Waals surface area (Å²) in [6.07, 6.45) is 1.59. The first-order valence-corrected chi connectivity index (χ1v) is 14.3. The number of aromatic nitrogens is 4. The molecule has 2 fully saturated rings. The van der Waals surface area contributed by atoms with Crippen LogP contribution >= 0.6 is 11.6 Å². The fourth-order valence-corrected chi connectivity index (χ4v) is 5.36. The summed E-state index contributed by atoms with van der Waals surface area (Å²) >= 11 is 6.52. The molecule has 2 aliphatic rings. The smallest absolute Gasteiger partial charge is 0.230 e. The Labute approximate surface area is 248 Å². The molecule has 12 nitrogen and oxygen atoms in total. The van der Waals surface area contributed by atoms with Gasteiger partial charge in [0.2, 0.25) is 17.7 Å².